The van der Waals surface area contributed by atoms with Crippen LogP contribution in [0.4, 0.5) is 10.0 Å². The Morgan fingerprint density at radius 1 is 1.13 bits per heavy atom. The van der Waals surface area contributed by atoms with Gasteiger partial charge in [-0.2, -0.15) is 0 Å². The maximum atomic E-state index is 10.1. The third kappa shape index (κ3) is 6.93. The molecular weight excluding hydrogens is 196 g/mol. The summed E-state index contributed by atoms with van der Waals surface area (Å²) in [7, 11) is -2.67. The van der Waals surface area contributed by atoms with Gasteiger partial charge in [-0.3, -0.25) is 4.32 Å². The number of benzene rings is 1. The molecule has 1 aromatic carbocycles. The molecule has 0 atom stereocenters. The average Bonchev–Trinajstić information content (AvgIpc) is 2.20. The van der Waals surface area contributed by atoms with Crippen molar-refractivity contribution in [2.75, 3.05) is 18.0 Å². The van der Waals surface area contributed by atoms with E-state index in [0.29, 0.717) is 0 Å². The summed E-state index contributed by atoms with van der Waals surface area (Å²) in [6, 6.07) is 10.5. The predicted molar refractivity (Wildman–Crippen MR) is 61.3 cm³/mol. The smallest absolute Gasteiger partial charge is 0.398 e. The molecule has 84 valence electrons. The van der Waals surface area contributed by atoms with Crippen LogP contribution in [0.15, 0.2) is 30.3 Å². The molecule has 15 heavy (non-hydrogen) atoms. The first-order chi connectivity index (χ1) is 7.11. The highest BCUT2D eigenvalue weighted by Crippen LogP contribution is 2.11. The van der Waals surface area contributed by atoms with E-state index in [1.807, 2.05) is 6.07 Å². The number of nitrogens with zero attached hydrogens (tertiary/aromatic N) is 1. The standard InChI is InChI=1S/C10H15N.BFH2O2/c1-3-11(4-2)10-8-6-5-7-9-10;2-1(3)4/h5-9H,3-4H2,1-2H3;3-4H. The van der Waals surface area contributed by atoms with Crippen molar-refractivity contribution < 1.29 is 14.4 Å². The molecule has 0 aliphatic heterocycles. The van der Waals surface area contributed by atoms with Gasteiger partial charge in [0.2, 0.25) is 0 Å². The monoisotopic (exact) mass is 213 g/mol. The molecule has 0 spiro atoms. The molecule has 1 aromatic rings. The Bertz CT molecular complexity index is 240. The first-order valence-electron chi connectivity index (χ1n) is 4.92. The number of para-hydroxylation sites is 1. The molecule has 0 aromatic heterocycles. The predicted octanol–water partition coefficient (Wildman–Crippen LogP) is 1.46. The number of hydrogen-bond donors (Lipinski definition) is 2. The molecule has 0 saturated carbocycles. The Morgan fingerprint density at radius 3 is 1.87 bits per heavy atom. The third-order valence-corrected chi connectivity index (χ3v) is 1.88. The van der Waals surface area contributed by atoms with E-state index in [-0.39, 0.29) is 0 Å². The Kier molecular flexibility index (Phi) is 7.67. The van der Waals surface area contributed by atoms with Crippen LogP contribution in [0.1, 0.15) is 13.8 Å². The molecule has 0 unspecified atom stereocenters. The van der Waals surface area contributed by atoms with Crippen molar-refractivity contribution in [1.29, 1.82) is 0 Å². The quantitative estimate of drug-likeness (QED) is 0.747. The van der Waals surface area contributed by atoms with Crippen molar-refractivity contribution in [3.05, 3.63) is 30.3 Å². The number of hydrogen-bond acceptors (Lipinski definition) is 3. The fraction of sp³-hybridized carbons (Fsp3) is 0.400. The zero-order valence-electron chi connectivity index (χ0n) is 9.10. The molecule has 0 fully saturated rings. The summed E-state index contributed by atoms with van der Waals surface area (Å²) >= 11 is 0. The van der Waals surface area contributed by atoms with Crippen LogP contribution in [-0.2, 0) is 0 Å². The van der Waals surface area contributed by atoms with Gasteiger partial charge >= 0.3 is 7.40 Å². The van der Waals surface area contributed by atoms with Gasteiger partial charge in [0.15, 0.2) is 0 Å². The van der Waals surface area contributed by atoms with E-state index in [1.54, 1.807) is 0 Å². The topological polar surface area (TPSA) is 43.7 Å². The molecule has 0 aliphatic rings. The van der Waals surface area contributed by atoms with Gasteiger partial charge in [0.1, 0.15) is 0 Å². The Morgan fingerprint density at radius 2 is 1.53 bits per heavy atom. The van der Waals surface area contributed by atoms with Crippen LogP contribution < -0.4 is 4.90 Å². The van der Waals surface area contributed by atoms with Gasteiger partial charge in [-0.05, 0) is 26.0 Å². The first kappa shape index (κ1) is 13.9. The van der Waals surface area contributed by atoms with E-state index in [1.165, 1.54) is 5.69 Å². The van der Waals surface area contributed by atoms with E-state index < -0.39 is 7.40 Å². The summed E-state index contributed by atoms with van der Waals surface area (Å²) in [5.41, 5.74) is 1.32. The van der Waals surface area contributed by atoms with Gasteiger partial charge in [0.05, 0.1) is 0 Å². The average molecular weight is 213 g/mol. The van der Waals surface area contributed by atoms with E-state index >= 15 is 0 Å². The first-order valence-corrected chi connectivity index (χ1v) is 4.92. The highest BCUT2D eigenvalue weighted by molar-refractivity contribution is 6.31. The van der Waals surface area contributed by atoms with Crippen LogP contribution in [0.3, 0.4) is 0 Å². The van der Waals surface area contributed by atoms with Gasteiger partial charge in [0, 0.05) is 18.8 Å². The lowest BCUT2D eigenvalue weighted by Crippen LogP contribution is -2.21. The van der Waals surface area contributed by atoms with Crippen LogP contribution in [0.2, 0.25) is 0 Å². The van der Waals surface area contributed by atoms with Crippen LogP contribution in [-0.4, -0.2) is 30.5 Å². The minimum absolute atomic E-state index is 1.08. The Hall–Kier alpha value is -1.07. The SMILES string of the molecule is CCN(CC)c1ccccc1.OB(O)F. The molecule has 0 saturated heterocycles. The highest BCUT2D eigenvalue weighted by atomic mass is 19.1. The second-order valence-electron chi connectivity index (χ2n) is 2.82. The molecule has 5 heteroatoms. The Balaban J connectivity index is 0.000000423. The molecule has 2 N–H and O–H groups in total. The van der Waals surface area contributed by atoms with E-state index in [9.17, 15) is 4.32 Å². The van der Waals surface area contributed by atoms with Crippen molar-refractivity contribution in [2.24, 2.45) is 0 Å². The number of rotatable bonds is 3. The van der Waals surface area contributed by atoms with Crippen molar-refractivity contribution in [3.63, 3.8) is 0 Å². The second-order valence-corrected chi connectivity index (χ2v) is 2.82. The van der Waals surface area contributed by atoms with E-state index in [2.05, 4.69) is 43.0 Å². The third-order valence-electron chi connectivity index (χ3n) is 1.88. The van der Waals surface area contributed by atoms with Crippen LogP contribution >= 0.6 is 0 Å². The molecular formula is C10H17BFNO2. The molecule has 0 radical (unpaired) electrons. The Labute approximate surface area is 90.4 Å². The van der Waals surface area contributed by atoms with Crippen LogP contribution in [0, 0.1) is 0 Å². The van der Waals surface area contributed by atoms with Crippen molar-refractivity contribution in [1.82, 2.24) is 0 Å². The summed E-state index contributed by atoms with van der Waals surface area (Å²) < 4.78 is 10.1. The number of anilines is 1. The lowest BCUT2D eigenvalue weighted by Gasteiger charge is -2.20. The van der Waals surface area contributed by atoms with Gasteiger partial charge in [-0.15, -0.1) is 0 Å². The van der Waals surface area contributed by atoms with Gasteiger partial charge < -0.3 is 14.9 Å². The minimum atomic E-state index is -2.67. The normalized spacial score (nSPS) is 8.87. The lowest BCUT2D eigenvalue weighted by atomic mass is 10.3. The van der Waals surface area contributed by atoms with Crippen molar-refractivity contribution in [3.8, 4) is 0 Å². The maximum absolute atomic E-state index is 10.1. The summed E-state index contributed by atoms with van der Waals surface area (Å²) in [5, 5.41) is 13.9. The summed E-state index contributed by atoms with van der Waals surface area (Å²) in [6.45, 7) is 6.52. The van der Waals surface area contributed by atoms with Gasteiger partial charge in [-0.1, -0.05) is 18.2 Å². The van der Waals surface area contributed by atoms with Crippen LogP contribution in [0.25, 0.3) is 0 Å². The van der Waals surface area contributed by atoms with E-state index in [0.717, 1.165) is 13.1 Å². The highest BCUT2D eigenvalue weighted by Gasteiger charge is 1.97. The fourth-order valence-corrected chi connectivity index (χ4v) is 1.23. The van der Waals surface area contributed by atoms with Gasteiger partial charge in [0.25, 0.3) is 0 Å². The summed E-state index contributed by atoms with van der Waals surface area (Å²) in [4.78, 5) is 2.33. The van der Waals surface area contributed by atoms with Crippen molar-refractivity contribution >= 4 is 13.1 Å². The molecule has 0 heterocycles. The zero-order valence-corrected chi connectivity index (χ0v) is 9.10. The van der Waals surface area contributed by atoms with Gasteiger partial charge in [-0.25, -0.2) is 0 Å². The molecule has 1 rings (SSSR count). The molecule has 3 nitrogen and oxygen atoms in total. The van der Waals surface area contributed by atoms with Crippen LogP contribution in [0.5, 0.6) is 0 Å². The molecule has 0 aliphatic carbocycles. The lowest BCUT2D eigenvalue weighted by molar-refractivity contribution is 0.340. The fourth-order valence-electron chi connectivity index (χ4n) is 1.23. The minimum Gasteiger partial charge on any atom is -0.398 e. The number of halogens is 1. The van der Waals surface area contributed by atoms with Crippen molar-refractivity contribution in [2.45, 2.75) is 13.8 Å². The second kappa shape index (κ2) is 8.26. The largest absolute Gasteiger partial charge is 0.674 e. The maximum Gasteiger partial charge on any atom is 0.674 e. The zero-order chi connectivity index (χ0) is 11.7. The summed E-state index contributed by atoms with van der Waals surface area (Å²) in [6.07, 6.45) is 0. The van der Waals surface area contributed by atoms with E-state index in [4.69, 9.17) is 10.0 Å². The summed E-state index contributed by atoms with van der Waals surface area (Å²) in [5.74, 6) is 0. The molecule has 0 bridgehead atoms. The molecule has 0 amide bonds.